The van der Waals surface area contributed by atoms with Crippen molar-refractivity contribution in [3.63, 3.8) is 0 Å². The van der Waals surface area contributed by atoms with Crippen LogP contribution in [-0.4, -0.2) is 41.4 Å². The standard InChI is InChI=1S/C10H15N3OS/c1-15-6-4-9(12)10(14)13-5-2-3-8(13)7-11/h2-3,8-9H,4-6,12H2,1H3. The first-order valence-electron chi connectivity index (χ1n) is 4.82. The average Bonchev–Trinajstić information content (AvgIpc) is 2.72. The summed E-state index contributed by atoms with van der Waals surface area (Å²) in [4.78, 5) is 13.3. The van der Waals surface area contributed by atoms with Crippen LogP contribution < -0.4 is 5.73 Å². The minimum Gasteiger partial charge on any atom is -0.320 e. The van der Waals surface area contributed by atoms with E-state index in [4.69, 9.17) is 11.0 Å². The summed E-state index contributed by atoms with van der Waals surface area (Å²) in [5.74, 6) is 0.742. The molecule has 0 saturated carbocycles. The van der Waals surface area contributed by atoms with E-state index in [1.807, 2.05) is 12.3 Å². The summed E-state index contributed by atoms with van der Waals surface area (Å²) in [6.07, 6.45) is 6.20. The van der Waals surface area contributed by atoms with E-state index in [1.165, 1.54) is 4.90 Å². The molecule has 0 aliphatic carbocycles. The molecule has 0 radical (unpaired) electrons. The molecule has 2 atom stereocenters. The Morgan fingerprint density at radius 3 is 3.20 bits per heavy atom. The quantitative estimate of drug-likeness (QED) is 0.701. The molecular formula is C10H15N3OS. The number of carbonyl (C=O) groups is 1. The fourth-order valence-corrected chi connectivity index (χ4v) is 1.93. The molecule has 0 aromatic rings. The van der Waals surface area contributed by atoms with Crippen LogP contribution in [0, 0.1) is 11.3 Å². The van der Waals surface area contributed by atoms with Crippen molar-refractivity contribution < 1.29 is 4.79 Å². The summed E-state index contributed by atoms with van der Waals surface area (Å²) in [7, 11) is 0. The predicted octanol–water partition coefficient (Wildman–Crippen LogP) is 0.357. The third kappa shape index (κ3) is 2.98. The van der Waals surface area contributed by atoms with Crippen LogP contribution in [0.5, 0.6) is 0 Å². The molecule has 2 unspecified atom stereocenters. The number of nitrogens with zero attached hydrogens (tertiary/aromatic N) is 2. The van der Waals surface area contributed by atoms with Crippen molar-refractivity contribution in [2.24, 2.45) is 5.73 Å². The van der Waals surface area contributed by atoms with E-state index >= 15 is 0 Å². The zero-order chi connectivity index (χ0) is 11.3. The van der Waals surface area contributed by atoms with Gasteiger partial charge in [-0.05, 0) is 24.5 Å². The summed E-state index contributed by atoms with van der Waals surface area (Å²) < 4.78 is 0. The number of hydrogen-bond donors (Lipinski definition) is 1. The normalized spacial score (nSPS) is 21.4. The fourth-order valence-electron chi connectivity index (χ4n) is 1.44. The average molecular weight is 225 g/mol. The van der Waals surface area contributed by atoms with Crippen LogP contribution in [-0.2, 0) is 4.79 Å². The van der Waals surface area contributed by atoms with Crippen LogP contribution in [0.1, 0.15) is 6.42 Å². The molecule has 0 spiro atoms. The van der Waals surface area contributed by atoms with Gasteiger partial charge in [0.15, 0.2) is 0 Å². The van der Waals surface area contributed by atoms with Gasteiger partial charge in [-0.3, -0.25) is 4.79 Å². The van der Waals surface area contributed by atoms with Crippen molar-refractivity contribution in [2.45, 2.75) is 18.5 Å². The number of nitriles is 1. The summed E-state index contributed by atoms with van der Waals surface area (Å²) in [6, 6.07) is 1.15. The first-order chi connectivity index (χ1) is 7.20. The molecule has 0 fully saturated rings. The molecular weight excluding hydrogens is 210 g/mol. The van der Waals surface area contributed by atoms with Gasteiger partial charge in [-0.2, -0.15) is 17.0 Å². The second kappa shape index (κ2) is 5.79. The highest BCUT2D eigenvalue weighted by molar-refractivity contribution is 7.98. The van der Waals surface area contributed by atoms with Gasteiger partial charge in [0.25, 0.3) is 0 Å². The molecule has 1 aliphatic heterocycles. The highest BCUT2D eigenvalue weighted by atomic mass is 32.2. The zero-order valence-electron chi connectivity index (χ0n) is 8.72. The Kier molecular flexibility index (Phi) is 4.66. The van der Waals surface area contributed by atoms with Crippen molar-refractivity contribution in [3.05, 3.63) is 12.2 Å². The smallest absolute Gasteiger partial charge is 0.241 e. The lowest BCUT2D eigenvalue weighted by molar-refractivity contribution is -0.132. The highest BCUT2D eigenvalue weighted by Crippen LogP contribution is 2.11. The van der Waals surface area contributed by atoms with Gasteiger partial charge in [0, 0.05) is 6.54 Å². The SMILES string of the molecule is CSCCC(N)C(=O)N1CC=CC1C#N. The van der Waals surface area contributed by atoms with Crippen LogP contribution in [0.3, 0.4) is 0 Å². The lowest BCUT2D eigenvalue weighted by Gasteiger charge is -2.23. The van der Waals surface area contributed by atoms with E-state index < -0.39 is 12.1 Å². The third-order valence-corrected chi connectivity index (χ3v) is 2.97. The summed E-state index contributed by atoms with van der Waals surface area (Å²) >= 11 is 1.67. The number of hydrogen-bond acceptors (Lipinski definition) is 4. The Labute approximate surface area is 94.1 Å². The maximum Gasteiger partial charge on any atom is 0.241 e. The van der Waals surface area contributed by atoms with Crippen LogP contribution in [0.25, 0.3) is 0 Å². The molecule has 1 heterocycles. The molecule has 1 aliphatic rings. The second-order valence-electron chi connectivity index (χ2n) is 3.38. The maximum absolute atomic E-state index is 11.8. The Bertz CT molecular complexity index is 298. The van der Waals surface area contributed by atoms with Crippen molar-refractivity contribution in [2.75, 3.05) is 18.6 Å². The number of rotatable bonds is 4. The van der Waals surface area contributed by atoms with Gasteiger partial charge in [0.2, 0.25) is 5.91 Å². The molecule has 2 N–H and O–H groups in total. The molecule has 0 aromatic carbocycles. The number of nitrogens with two attached hydrogens (primary N) is 1. The van der Waals surface area contributed by atoms with Crippen LogP contribution in [0.4, 0.5) is 0 Å². The minimum absolute atomic E-state index is 0.124. The zero-order valence-corrected chi connectivity index (χ0v) is 9.54. The number of carbonyl (C=O) groups excluding carboxylic acids is 1. The van der Waals surface area contributed by atoms with Gasteiger partial charge < -0.3 is 10.6 Å². The van der Waals surface area contributed by atoms with E-state index in [9.17, 15) is 4.79 Å². The van der Waals surface area contributed by atoms with Crippen molar-refractivity contribution in [1.82, 2.24) is 4.90 Å². The maximum atomic E-state index is 11.8. The monoisotopic (exact) mass is 225 g/mol. The molecule has 1 amide bonds. The van der Waals surface area contributed by atoms with Gasteiger partial charge in [0.1, 0.15) is 6.04 Å². The predicted molar refractivity (Wildman–Crippen MR) is 61.2 cm³/mol. The molecule has 1 rings (SSSR count). The van der Waals surface area contributed by atoms with E-state index in [0.717, 1.165) is 5.75 Å². The third-order valence-electron chi connectivity index (χ3n) is 2.32. The Balaban J connectivity index is 2.50. The molecule has 0 bridgehead atoms. The number of thioether (sulfide) groups is 1. The highest BCUT2D eigenvalue weighted by Gasteiger charge is 2.27. The first-order valence-corrected chi connectivity index (χ1v) is 6.21. The number of amides is 1. The lowest BCUT2D eigenvalue weighted by Crippen LogP contribution is -2.46. The Morgan fingerprint density at radius 2 is 2.60 bits per heavy atom. The van der Waals surface area contributed by atoms with Crippen LogP contribution in [0.15, 0.2) is 12.2 Å². The summed E-state index contributed by atoms with van der Waals surface area (Å²) in [5.41, 5.74) is 5.76. The Morgan fingerprint density at radius 1 is 1.87 bits per heavy atom. The van der Waals surface area contributed by atoms with Crippen molar-refractivity contribution in [3.8, 4) is 6.07 Å². The fraction of sp³-hybridized carbons (Fsp3) is 0.600. The molecule has 5 heteroatoms. The molecule has 15 heavy (non-hydrogen) atoms. The summed E-state index contributed by atoms with van der Waals surface area (Å²) in [5, 5.41) is 8.80. The van der Waals surface area contributed by atoms with Crippen molar-refractivity contribution >= 4 is 17.7 Å². The largest absolute Gasteiger partial charge is 0.320 e. The van der Waals surface area contributed by atoms with Crippen LogP contribution >= 0.6 is 11.8 Å². The van der Waals surface area contributed by atoms with Crippen LogP contribution in [0.2, 0.25) is 0 Å². The Hall–Kier alpha value is -0.990. The molecule has 4 nitrogen and oxygen atoms in total. The van der Waals surface area contributed by atoms with E-state index in [2.05, 4.69) is 6.07 Å². The van der Waals surface area contributed by atoms with Gasteiger partial charge >= 0.3 is 0 Å². The van der Waals surface area contributed by atoms with Gasteiger partial charge in [-0.25, -0.2) is 0 Å². The lowest BCUT2D eigenvalue weighted by atomic mass is 10.2. The van der Waals surface area contributed by atoms with E-state index in [1.54, 1.807) is 17.8 Å². The molecule has 82 valence electrons. The van der Waals surface area contributed by atoms with Crippen molar-refractivity contribution in [1.29, 1.82) is 5.26 Å². The van der Waals surface area contributed by atoms with E-state index in [0.29, 0.717) is 13.0 Å². The summed E-state index contributed by atoms with van der Waals surface area (Å²) in [6.45, 7) is 0.504. The first kappa shape index (κ1) is 12.1. The molecule has 0 saturated heterocycles. The topological polar surface area (TPSA) is 70.1 Å². The molecule has 0 aromatic heterocycles. The second-order valence-corrected chi connectivity index (χ2v) is 4.37. The minimum atomic E-state index is -0.479. The van der Waals surface area contributed by atoms with Gasteiger partial charge in [0.05, 0.1) is 12.1 Å². The van der Waals surface area contributed by atoms with Gasteiger partial charge in [-0.1, -0.05) is 6.08 Å². The van der Waals surface area contributed by atoms with Gasteiger partial charge in [-0.15, -0.1) is 0 Å². The van der Waals surface area contributed by atoms with E-state index in [-0.39, 0.29) is 5.91 Å².